The average molecular weight is 312 g/mol. The van der Waals surface area contributed by atoms with E-state index in [1.54, 1.807) is 19.0 Å². The van der Waals surface area contributed by atoms with Gasteiger partial charge in [-0.25, -0.2) is 4.99 Å². The zero-order chi connectivity index (χ0) is 15.2. The molecule has 5 nitrogen and oxygen atoms in total. The lowest BCUT2D eigenvalue weighted by Crippen LogP contribution is -2.46. The molecule has 2 aliphatic rings. The first-order valence-corrected chi connectivity index (χ1v) is 9.23. The molecule has 21 heavy (non-hydrogen) atoms. The maximum atomic E-state index is 11.7. The molecule has 3 unspecified atom stereocenters. The fourth-order valence-corrected chi connectivity index (χ4v) is 3.62. The Kier molecular flexibility index (Phi) is 6.21. The van der Waals surface area contributed by atoms with Crippen molar-refractivity contribution in [2.24, 2.45) is 16.8 Å². The maximum absolute atomic E-state index is 11.7. The van der Waals surface area contributed by atoms with Gasteiger partial charge in [-0.1, -0.05) is 6.42 Å². The lowest BCUT2D eigenvalue weighted by Gasteiger charge is -2.25. The SMILES string of the molecule is CSCCNC(=NCC(=O)N(C)C)NC1CC2CCC1C2. The number of nitrogens with one attached hydrogen (secondary N) is 2. The van der Waals surface area contributed by atoms with E-state index < -0.39 is 0 Å². The molecule has 2 N–H and O–H groups in total. The van der Waals surface area contributed by atoms with Gasteiger partial charge in [0.1, 0.15) is 6.54 Å². The van der Waals surface area contributed by atoms with Crippen molar-refractivity contribution in [1.29, 1.82) is 0 Å². The molecular weight excluding hydrogens is 284 g/mol. The van der Waals surface area contributed by atoms with E-state index in [4.69, 9.17) is 0 Å². The number of likely N-dealkylation sites (N-methyl/N-ethyl adjacent to an activating group) is 1. The van der Waals surface area contributed by atoms with Crippen LogP contribution in [0.25, 0.3) is 0 Å². The molecule has 0 radical (unpaired) electrons. The van der Waals surface area contributed by atoms with Gasteiger partial charge in [0.25, 0.3) is 0 Å². The summed E-state index contributed by atoms with van der Waals surface area (Å²) in [5.41, 5.74) is 0. The van der Waals surface area contributed by atoms with Gasteiger partial charge in [-0.05, 0) is 37.4 Å². The Labute approximate surface area is 132 Å². The second-order valence-corrected chi connectivity index (χ2v) is 7.28. The molecule has 0 aliphatic heterocycles. The molecule has 0 saturated heterocycles. The summed E-state index contributed by atoms with van der Waals surface area (Å²) in [4.78, 5) is 17.7. The third-order valence-electron chi connectivity index (χ3n) is 4.53. The second-order valence-electron chi connectivity index (χ2n) is 6.30. The summed E-state index contributed by atoms with van der Waals surface area (Å²) in [5.74, 6) is 3.58. The van der Waals surface area contributed by atoms with Crippen molar-refractivity contribution in [2.45, 2.75) is 31.7 Å². The van der Waals surface area contributed by atoms with Gasteiger partial charge < -0.3 is 15.5 Å². The largest absolute Gasteiger partial charge is 0.356 e. The molecule has 0 aromatic heterocycles. The van der Waals surface area contributed by atoms with Gasteiger partial charge in [-0.3, -0.25) is 4.79 Å². The Balaban J connectivity index is 1.88. The molecule has 3 atom stereocenters. The Bertz CT molecular complexity index is 386. The van der Waals surface area contributed by atoms with E-state index in [9.17, 15) is 4.79 Å². The lowest BCUT2D eigenvalue weighted by molar-refractivity contribution is -0.127. The van der Waals surface area contributed by atoms with Gasteiger partial charge in [0.2, 0.25) is 5.91 Å². The van der Waals surface area contributed by atoms with Gasteiger partial charge in [0.05, 0.1) is 0 Å². The van der Waals surface area contributed by atoms with E-state index in [-0.39, 0.29) is 12.5 Å². The highest BCUT2D eigenvalue weighted by atomic mass is 32.2. The van der Waals surface area contributed by atoms with Gasteiger partial charge >= 0.3 is 0 Å². The molecular formula is C15H28N4OS. The van der Waals surface area contributed by atoms with Crippen LogP contribution >= 0.6 is 11.8 Å². The standard InChI is InChI=1S/C15H28N4OS/c1-19(2)14(20)10-17-15(16-6-7-21-3)18-13-9-11-4-5-12(13)8-11/h11-13H,4-10H2,1-3H3,(H2,16,17,18). The molecule has 0 aromatic carbocycles. The zero-order valence-corrected chi connectivity index (χ0v) is 14.2. The minimum Gasteiger partial charge on any atom is -0.356 e. The van der Waals surface area contributed by atoms with Crippen molar-refractivity contribution >= 4 is 23.6 Å². The number of nitrogens with zero attached hydrogens (tertiary/aromatic N) is 2. The van der Waals surface area contributed by atoms with Crippen molar-refractivity contribution in [3.05, 3.63) is 0 Å². The molecule has 6 heteroatoms. The Morgan fingerprint density at radius 2 is 2.14 bits per heavy atom. The topological polar surface area (TPSA) is 56.7 Å². The van der Waals surface area contributed by atoms with Gasteiger partial charge in [0.15, 0.2) is 5.96 Å². The fraction of sp³-hybridized carbons (Fsp3) is 0.867. The minimum atomic E-state index is 0.0360. The molecule has 0 heterocycles. The summed E-state index contributed by atoms with van der Waals surface area (Å²) in [6.07, 6.45) is 7.46. The van der Waals surface area contributed by atoms with Crippen LogP contribution in [0.2, 0.25) is 0 Å². The normalized spacial score (nSPS) is 27.8. The second kappa shape index (κ2) is 7.92. The van der Waals surface area contributed by atoms with E-state index in [1.165, 1.54) is 25.7 Å². The third kappa shape index (κ3) is 4.80. The van der Waals surface area contributed by atoms with Gasteiger partial charge in [0, 0.05) is 32.4 Å². The first kappa shape index (κ1) is 16.5. The Hall–Kier alpha value is -0.910. The maximum Gasteiger partial charge on any atom is 0.243 e. The molecule has 0 aromatic rings. The van der Waals surface area contributed by atoms with E-state index in [0.29, 0.717) is 6.04 Å². The number of thioether (sulfide) groups is 1. The van der Waals surface area contributed by atoms with Crippen LogP contribution in [0.5, 0.6) is 0 Å². The molecule has 2 saturated carbocycles. The summed E-state index contributed by atoms with van der Waals surface area (Å²) in [6, 6.07) is 0.540. The van der Waals surface area contributed by atoms with Crippen LogP contribution in [0.15, 0.2) is 4.99 Å². The number of aliphatic imine (C=N–C) groups is 1. The third-order valence-corrected chi connectivity index (χ3v) is 5.14. The van der Waals surface area contributed by atoms with Crippen LogP contribution in [0.1, 0.15) is 25.7 Å². The van der Waals surface area contributed by atoms with E-state index in [0.717, 1.165) is 30.1 Å². The number of carbonyl (C=O) groups is 1. The van der Waals surface area contributed by atoms with Crippen LogP contribution in [-0.4, -0.2) is 62.0 Å². The average Bonchev–Trinajstić information content (AvgIpc) is 3.06. The number of rotatable bonds is 6. The highest BCUT2D eigenvalue weighted by Gasteiger charge is 2.39. The molecule has 0 spiro atoms. The first-order valence-electron chi connectivity index (χ1n) is 7.84. The number of guanidine groups is 1. The number of hydrogen-bond donors (Lipinski definition) is 2. The molecule has 120 valence electrons. The number of fused-ring (bicyclic) bond motifs is 2. The molecule has 2 rings (SSSR count). The number of amides is 1. The Morgan fingerprint density at radius 1 is 1.33 bits per heavy atom. The fourth-order valence-electron chi connectivity index (χ4n) is 3.31. The molecule has 1 amide bonds. The van der Waals surface area contributed by atoms with Crippen LogP contribution < -0.4 is 10.6 Å². The van der Waals surface area contributed by atoms with E-state index >= 15 is 0 Å². The number of carbonyl (C=O) groups excluding carboxylic acids is 1. The van der Waals surface area contributed by atoms with Crippen molar-refractivity contribution in [3.63, 3.8) is 0 Å². The van der Waals surface area contributed by atoms with Gasteiger partial charge in [-0.2, -0.15) is 11.8 Å². The monoisotopic (exact) mass is 312 g/mol. The highest BCUT2D eigenvalue weighted by Crippen LogP contribution is 2.44. The van der Waals surface area contributed by atoms with Gasteiger partial charge in [-0.15, -0.1) is 0 Å². The van der Waals surface area contributed by atoms with E-state index in [1.807, 2.05) is 11.8 Å². The molecule has 2 fully saturated rings. The van der Waals surface area contributed by atoms with Crippen molar-refractivity contribution in [3.8, 4) is 0 Å². The minimum absolute atomic E-state index is 0.0360. The van der Waals surface area contributed by atoms with Crippen LogP contribution in [-0.2, 0) is 4.79 Å². The number of hydrogen-bond acceptors (Lipinski definition) is 3. The highest BCUT2D eigenvalue weighted by molar-refractivity contribution is 7.98. The smallest absolute Gasteiger partial charge is 0.243 e. The predicted molar refractivity (Wildman–Crippen MR) is 89.8 cm³/mol. The van der Waals surface area contributed by atoms with Crippen LogP contribution in [0.4, 0.5) is 0 Å². The van der Waals surface area contributed by atoms with Crippen molar-refractivity contribution in [2.75, 3.05) is 39.2 Å². The molecule has 2 aliphatic carbocycles. The lowest BCUT2D eigenvalue weighted by atomic mass is 9.95. The predicted octanol–water partition coefficient (Wildman–Crippen LogP) is 1.16. The van der Waals surface area contributed by atoms with Crippen LogP contribution in [0.3, 0.4) is 0 Å². The Morgan fingerprint density at radius 3 is 2.71 bits per heavy atom. The van der Waals surface area contributed by atoms with Crippen molar-refractivity contribution in [1.82, 2.24) is 15.5 Å². The van der Waals surface area contributed by atoms with Crippen molar-refractivity contribution < 1.29 is 4.79 Å². The van der Waals surface area contributed by atoms with E-state index in [2.05, 4.69) is 21.9 Å². The summed E-state index contributed by atoms with van der Waals surface area (Å²) >= 11 is 1.81. The summed E-state index contributed by atoms with van der Waals surface area (Å²) in [5, 5.41) is 6.91. The summed E-state index contributed by atoms with van der Waals surface area (Å²) in [7, 11) is 3.53. The zero-order valence-electron chi connectivity index (χ0n) is 13.4. The summed E-state index contributed by atoms with van der Waals surface area (Å²) < 4.78 is 0. The first-order chi connectivity index (χ1) is 10.1. The van der Waals surface area contributed by atoms with Crippen LogP contribution in [0, 0.1) is 11.8 Å². The quantitative estimate of drug-likeness (QED) is 0.439. The summed E-state index contributed by atoms with van der Waals surface area (Å²) in [6.45, 7) is 1.09. The molecule has 2 bridgehead atoms.